The number of hydrogen-bond donors (Lipinski definition) is 0. The Morgan fingerprint density at radius 1 is 0.782 bits per heavy atom. The van der Waals surface area contributed by atoms with E-state index >= 15 is 0 Å². The Morgan fingerprint density at radius 2 is 1.36 bits per heavy atom. The summed E-state index contributed by atoms with van der Waals surface area (Å²) < 4.78 is 46.0. The van der Waals surface area contributed by atoms with Crippen LogP contribution in [0, 0.1) is 5.92 Å². The van der Waals surface area contributed by atoms with E-state index in [1.54, 1.807) is 7.11 Å². The molecule has 0 saturated carbocycles. The molecule has 2 aliphatic rings. The molecule has 6 atom stereocenters. The van der Waals surface area contributed by atoms with Gasteiger partial charge in [-0.25, -0.2) is 0 Å². The number of methoxy groups -OCH3 is 1. The van der Waals surface area contributed by atoms with Crippen LogP contribution in [0.25, 0.3) is 0 Å². The molecule has 0 N–H and O–H groups in total. The minimum atomic E-state index is -2.90. The standard InChI is InChI=1S/C47H62O7Si/c1-8-47(9-2)51-34-43(53-47)41(50-33-37-25-27-38(48-7)28-26-37)31-42-45(52-42)44(35(3)29-30-49-32-36-19-13-10-14-20-36)54-55(46(4,5)6,39-21-15-11-16-22-39)40-23-17-12-18-24-40/h10-28,35,41-45H,8-9,29-34H2,1-7H3/t35-,41-,42-,43-,44-,45-/m1/s1. The minimum absolute atomic E-state index is 0.0568. The molecule has 4 aromatic rings. The van der Waals surface area contributed by atoms with Crippen LogP contribution >= 0.6 is 0 Å². The van der Waals surface area contributed by atoms with Crippen LogP contribution in [0.15, 0.2) is 115 Å². The van der Waals surface area contributed by atoms with Crippen LogP contribution < -0.4 is 15.1 Å². The third-order valence-corrected chi connectivity index (χ3v) is 16.6. The third kappa shape index (κ3) is 9.97. The molecule has 55 heavy (non-hydrogen) atoms. The first-order chi connectivity index (χ1) is 26.6. The largest absolute Gasteiger partial charge is 0.497 e. The summed E-state index contributed by atoms with van der Waals surface area (Å²) in [5.41, 5.74) is 2.25. The van der Waals surface area contributed by atoms with Gasteiger partial charge in [0.25, 0.3) is 8.32 Å². The van der Waals surface area contributed by atoms with Crippen molar-refractivity contribution >= 4 is 18.7 Å². The van der Waals surface area contributed by atoms with Crippen LogP contribution in [0.1, 0.15) is 78.4 Å². The lowest BCUT2D eigenvalue weighted by Gasteiger charge is -2.46. The maximum absolute atomic E-state index is 7.88. The van der Waals surface area contributed by atoms with Crippen molar-refractivity contribution in [2.24, 2.45) is 5.92 Å². The van der Waals surface area contributed by atoms with E-state index in [0.717, 1.165) is 30.6 Å². The predicted octanol–water partition coefficient (Wildman–Crippen LogP) is 8.86. The zero-order valence-electron chi connectivity index (χ0n) is 33.9. The van der Waals surface area contributed by atoms with Crippen LogP contribution in [-0.2, 0) is 41.3 Å². The van der Waals surface area contributed by atoms with Gasteiger partial charge < -0.3 is 32.8 Å². The van der Waals surface area contributed by atoms with Crippen LogP contribution in [0.4, 0.5) is 0 Å². The summed E-state index contributed by atoms with van der Waals surface area (Å²) in [7, 11) is -1.21. The Balaban J connectivity index is 1.27. The summed E-state index contributed by atoms with van der Waals surface area (Å²) in [4.78, 5) is 0. The second-order valence-electron chi connectivity index (χ2n) is 16.2. The SMILES string of the molecule is CCC1(CC)OC[C@H]([C@@H](C[C@H]2O[C@H]2[C@H](O[Si](c2ccccc2)(c2ccccc2)C(C)(C)C)[C@H](C)CCOCc2ccccc2)OCc2ccc(OC)cc2)O1. The van der Waals surface area contributed by atoms with E-state index in [1.807, 2.05) is 18.2 Å². The van der Waals surface area contributed by atoms with Crippen LogP contribution in [-0.4, -0.2) is 64.9 Å². The topological polar surface area (TPSA) is 67.9 Å². The van der Waals surface area contributed by atoms with Crippen molar-refractivity contribution in [1.82, 2.24) is 0 Å². The molecular weight excluding hydrogens is 705 g/mol. The number of benzene rings is 4. The maximum Gasteiger partial charge on any atom is 0.261 e. The Kier molecular flexibility index (Phi) is 14.1. The maximum atomic E-state index is 7.88. The van der Waals surface area contributed by atoms with Gasteiger partial charge in [0.2, 0.25) is 0 Å². The molecule has 6 rings (SSSR count). The highest BCUT2D eigenvalue weighted by Gasteiger charge is 2.57. The van der Waals surface area contributed by atoms with Crippen molar-refractivity contribution in [2.75, 3.05) is 20.3 Å². The lowest BCUT2D eigenvalue weighted by Crippen LogP contribution is -2.68. The molecule has 0 aliphatic carbocycles. The fourth-order valence-corrected chi connectivity index (χ4v) is 12.9. The number of rotatable bonds is 20. The molecule has 8 heteroatoms. The zero-order chi connectivity index (χ0) is 38.9. The Bertz CT molecular complexity index is 1670. The Hall–Kier alpha value is -3.34. The van der Waals surface area contributed by atoms with Gasteiger partial charge >= 0.3 is 0 Å². The molecule has 0 aromatic heterocycles. The van der Waals surface area contributed by atoms with Crippen molar-refractivity contribution in [1.29, 1.82) is 0 Å². The molecule has 2 aliphatic heterocycles. The summed E-state index contributed by atoms with van der Waals surface area (Å²) in [6, 6.07) is 40.2. The second kappa shape index (κ2) is 18.7. The first-order valence-corrected chi connectivity index (χ1v) is 22.1. The number of epoxide rings is 1. The smallest absolute Gasteiger partial charge is 0.261 e. The molecule has 296 valence electrons. The Labute approximate surface area is 330 Å². The van der Waals surface area contributed by atoms with Gasteiger partial charge in [-0.3, -0.25) is 0 Å². The summed E-state index contributed by atoms with van der Waals surface area (Å²) >= 11 is 0. The lowest BCUT2D eigenvalue weighted by molar-refractivity contribution is -0.186. The van der Waals surface area contributed by atoms with Gasteiger partial charge in [0.05, 0.1) is 45.2 Å². The third-order valence-electron chi connectivity index (χ3n) is 11.5. The Morgan fingerprint density at radius 3 is 1.91 bits per heavy atom. The van der Waals surface area contributed by atoms with Crippen molar-refractivity contribution in [3.05, 3.63) is 126 Å². The van der Waals surface area contributed by atoms with Gasteiger partial charge in [-0.2, -0.15) is 0 Å². The first-order valence-electron chi connectivity index (χ1n) is 20.2. The van der Waals surface area contributed by atoms with Gasteiger partial charge in [-0.15, -0.1) is 0 Å². The molecule has 2 fully saturated rings. The minimum Gasteiger partial charge on any atom is -0.497 e. The van der Waals surface area contributed by atoms with Crippen molar-refractivity contribution < 1.29 is 32.8 Å². The molecule has 0 spiro atoms. The molecule has 2 saturated heterocycles. The molecule has 2 heterocycles. The van der Waals surface area contributed by atoms with E-state index in [9.17, 15) is 0 Å². The van der Waals surface area contributed by atoms with Crippen LogP contribution in [0.5, 0.6) is 5.75 Å². The zero-order valence-corrected chi connectivity index (χ0v) is 34.9. The van der Waals surface area contributed by atoms with Gasteiger partial charge in [-0.05, 0) is 63.9 Å². The highest BCUT2D eigenvalue weighted by molar-refractivity contribution is 6.99. The number of hydrogen-bond acceptors (Lipinski definition) is 7. The normalized spacial score (nSPS) is 21.2. The lowest BCUT2D eigenvalue weighted by atomic mass is 9.95. The second-order valence-corrected chi connectivity index (χ2v) is 20.5. The summed E-state index contributed by atoms with van der Waals surface area (Å²) in [5, 5.41) is 2.34. The molecule has 0 radical (unpaired) electrons. The van der Waals surface area contributed by atoms with E-state index in [4.69, 9.17) is 32.8 Å². The van der Waals surface area contributed by atoms with Crippen molar-refractivity contribution in [2.45, 2.75) is 122 Å². The van der Waals surface area contributed by atoms with Crippen molar-refractivity contribution in [3.8, 4) is 5.75 Å². The van der Waals surface area contributed by atoms with Crippen molar-refractivity contribution in [3.63, 3.8) is 0 Å². The average molecular weight is 767 g/mol. The molecule has 0 amide bonds. The quantitative estimate of drug-likeness (QED) is 0.0506. The van der Waals surface area contributed by atoms with E-state index in [2.05, 4.69) is 139 Å². The predicted molar refractivity (Wildman–Crippen MR) is 221 cm³/mol. The van der Waals surface area contributed by atoms with Gasteiger partial charge in [0, 0.05) is 13.0 Å². The monoisotopic (exact) mass is 766 g/mol. The summed E-state index contributed by atoms with van der Waals surface area (Å²) in [5.74, 6) is 0.397. The van der Waals surface area contributed by atoms with Gasteiger partial charge in [0.1, 0.15) is 18.0 Å². The molecule has 4 aromatic carbocycles. The van der Waals surface area contributed by atoms with E-state index < -0.39 is 14.1 Å². The van der Waals surface area contributed by atoms with Gasteiger partial charge in [0.15, 0.2) is 5.79 Å². The fourth-order valence-electron chi connectivity index (χ4n) is 8.10. The average Bonchev–Trinajstić information content (AvgIpc) is 3.84. The molecular formula is C47H62O7Si. The number of ether oxygens (including phenoxy) is 6. The summed E-state index contributed by atoms with van der Waals surface area (Å²) in [6.07, 6.45) is 2.31. The molecule has 0 bridgehead atoms. The first kappa shape index (κ1) is 41.3. The van der Waals surface area contributed by atoms with E-state index in [1.165, 1.54) is 15.9 Å². The van der Waals surface area contributed by atoms with Gasteiger partial charge in [-0.1, -0.05) is 145 Å². The van der Waals surface area contributed by atoms with E-state index in [-0.39, 0.29) is 41.5 Å². The van der Waals surface area contributed by atoms with E-state index in [0.29, 0.717) is 32.8 Å². The van der Waals surface area contributed by atoms with Crippen LogP contribution in [0.3, 0.4) is 0 Å². The van der Waals surface area contributed by atoms with Crippen LogP contribution in [0.2, 0.25) is 5.04 Å². The molecule has 0 unspecified atom stereocenters. The highest BCUT2D eigenvalue weighted by atomic mass is 28.4. The fraction of sp³-hybridized carbons (Fsp3) is 0.489. The molecule has 7 nitrogen and oxygen atoms in total. The summed E-state index contributed by atoms with van der Waals surface area (Å²) in [6.45, 7) is 15.7. The highest BCUT2D eigenvalue weighted by Crippen LogP contribution is 2.44.